The maximum atomic E-state index is 12.7. The first-order valence-electron chi connectivity index (χ1n) is 18.7. The second kappa shape index (κ2) is 22.6. The summed E-state index contributed by atoms with van der Waals surface area (Å²) in [6.07, 6.45) is 3.81. The Kier molecular flexibility index (Phi) is 18.7. The number of aliphatic hydroxyl groups is 4. The van der Waals surface area contributed by atoms with Crippen molar-refractivity contribution in [1.82, 2.24) is 10.6 Å². The van der Waals surface area contributed by atoms with Crippen molar-refractivity contribution in [3.63, 3.8) is 0 Å². The number of nitrogens with one attached hydrogen (secondary N) is 2. The molecule has 2 aromatic carbocycles. The fourth-order valence-corrected chi connectivity index (χ4v) is 6.13. The Morgan fingerprint density at radius 3 is 2.10 bits per heavy atom. The van der Waals surface area contributed by atoms with Gasteiger partial charge < -0.3 is 45.3 Å². The van der Waals surface area contributed by atoms with E-state index < -0.39 is 54.9 Å². The van der Waals surface area contributed by atoms with Gasteiger partial charge >= 0.3 is 5.97 Å². The Balaban J connectivity index is 1.35. The van der Waals surface area contributed by atoms with Crippen molar-refractivity contribution in [2.45, 2.75) is 147 Å². The topological polar surface area (TPSA) is 184 Å². The smallest absolute Gasteiger partial charge is 0.306 e. The summed E-state index contributed by atoms with van der Waals surface area (Å²) in [6.45, 7) is 4.71. The van der Waals surface area contributed by atoms with Gasteiger partial charge in [0.15, 0.2) is 6.29 Å². The van der Waals surface area contributed by atoms with Gasteiger partial charge in [0.2, 0.25) is 11.8 Å². The van der Waals surface area contributed by atoms with Crippen LogP contribution in [0.1, 0.15) is 102 Å². The Hall–Kier alpha value is -3.39. The number of hydrogen-bond acceptors (Lipinski definition) is 10. The molecule has 2 aromatic rings. The number of ether oxygens (including phenoxy) is 3. The first kappa shape index (κ1) is 43.0. The molecule has 0 saturated carbocycles. The van der Waals surface area contributed by atoms with E-state index in [9.17, 15) is 34.8 Å². The minimum Gasteiger partial charge on any atom is -0.460 e. The van der Waals surface area contributed by atoms with E-state index in [4.69, 9.17) is 14.2 Å². The number of carbonyl (C=O) groups excluding carboxylic acids is 3. The molecule has 2 amide bonds. The van der Waals surface area contributed by atoms with Gasteiger partial charge in [0, 0.05) is 19.4 Å². The number of amides is 2. The van der Waals surface area contributed by atoms with Gasteiger partial charge in [-0.25, -0.2) is 0 Å². The molecular formula is C40H60N2O10. The standard InChI is InChI=1S/C40H60N2O10/c1-40(2,3)52-35(48)18-14-9-7-5-4-6-8-11-15-28-19-21-29(22-20-28)23-33(46)41-25-32(45)38(49)39-37(42-34(47)26-43)31(44)24-36(51-39)50-27-30-16-12-10-13-17-30/h10,12-13,16-17,19-22,31-32,36-39,43-45,49H,4-9,11,14-15,18,23-27H2,1-3H3,(H,41,46)(H,42,47)/t31-,32+,36+,37+,38+,39+/m0/s1. The summed E-state index contributed by atoms with van der Waals surface area (Å²) in [5, 5.41) is 47.0. The molecule has 1 aliphatic heterocycles. The molecule has 12 nitrogen and oxygen atoms in total. The zero-order valence-electron chi connectivity index (χ0n) is 31.0. The lowest BCUT2D eigenvalue weighted by molar-refractivity contribution is -0.255. The van der Waals surface area contributed by atoms with Gasteiger partial charge in [-0.3, -0.25) is 14.4 Å². The maximum Gasteiger partial charge on any atom is 0.306 e. The highest BCUT2D eigenvalue weighted by Gasteiger charge is 2.44. The lowest BCUT2D eigenvalue weighted by atomic mass is 9.92. The molecule has 52 heavy (non-hydrogen) atoms. The Bertz CT molecular complexity index is 1330. The van der Waals surface area contributed by atoms with E-state index in [0.717, 1.165) is 49.7 Å². The van der Waals surface area contributed by atoms with Gasteiger partial charge in [-0.15, -0.1) is 0 Å². The van der Waals surface area contributed by atoms with E-state index in [0.29, 0.717) is 6.42 Å². The van der Waals surface area contributed by atoms with Crippen molar-refractivity contribution in [3.05, 3.63) is 71.3 Å². The summed E-state index contributed by atoms with van der Waals surface area (Å²) >= 11 is 0. The van der Waals surface area contributed by atoms with E-state index in [-0.39, 0.29) is 37.9 Å². The number of aliphatic hydroxyl groups excluding tert-OH is 4. The monoisotopic (exact) mass is 728 g/mol. The second-order valence-corrected chi connectivity index (χ2v) is 14.7. The van der Waals surface area contributed by atoms with Crippen LogP contribution in [0.3, 0.4) is 0 Å². The molecule has 0 bridgehead atoms. The largest absolute Gasteiger partial charge is 0.460 e. The zero-order valence-corrected chi connectivity index (χ0v) is 31.0. The van der Waals surface area contributed by atoms with Crippen LogP contribution in [0.25, 0.3) is 0 Å². The summed E-state index contributed by atoms with van der Waals surface area (Å²) in [7, 11) is 0. The van der Waals surface area contributed by atoms with Crippen molar-refractivity contribution in [2.24, 2.45) is 0 Å². The summed E-state index contributed by atoms with van der Waals surface area (Å²) in [5.41, 5.74) is 2.46. The second-order valence-electron chi connectivity index (χ2n) is 14.7. The Morgan fingerprint density at radius 1 is 0.846 bits per heavy atom. The van der Waals surface area contributed by atoms with Gasteiger partial charge in [0.25, 0.3) is 0 Å². The number of esters is 1. The van der Waals surface area contributed by atoms with Crippen LogP contribution in [0.5, 0.6) is 0 Å². The highest BCUT2D eigenvalue weighted by molar-refractivity contribution is 5.78. The van der Waals surface area contributed by atoms with E-state index in [1.807, 2.05) is 75.4 Å². The highest BCUT2D eigenvalue weighted by Crippen LogP contribution is 2.26. The minimum atomic E-state index is -1.61. The number of aryl methyl sites for hydroxylation is 1. The molecule has 0 spiro atoms. The third kappa shape index (κ3) is 16.5. The van der Waals surface area contributed by atoms with Crippen molar-refractivity contribution in [1.29, 1.82) is 0 Å². The lowest BCUT2D eigenvalue weighted by Crippen LogP contribution is -2.63. The fraction of sp³-hybridized carbons (Fsp3) is 0.625. The lowest BCUT2D eigenvalue weighted by Gasteiger charge is -2.42. The van der Waals surface area contributed by atoms with Crippen molar-refractivity contribution >= 4 is 17.8 Å². The van der Waals surface area contributed by atoms with Gasteiger partial charge in [0.05, 0.1) is 31.3 Å². The summed E-state index contributed by atoms with van der Waals surface area (Å²) in [4.78, 5) is 36.4. The molecule has 1 heterocycles. The average molecular weight is 729 g/mol. The Morgan fingerprint density at radius 2 is 1.46 bits per heavy atom. The van der Waals surface area contributed by atoms with E-state index in [1.54, 1.807) is 0 Å². The van der Waals surface area contributed by atoms with E-state index in [2.05, 4.69) is 10.6 Å². The first-order chi connectivity index (χ1) is 24.8. The van der Waals surface area contributed by atoms with E-state index in [1.165, 1.54) is 24.8 Å². The van der Waals surface area contributed by atoms with Crippen LogP contribution < -0.4 is 10.6 Å². The molecule has 6 atom stereocenters. The maximum absolute atomic E-state index is 12.7. The zero-order chi connectivity index (χ0) is 37.9. The molecule has 0 unspecified atom stereocenters. The first-order valence-corrected chi connectivity index (χ1v) is 18.7. The summed E-state index contributed by atoms with van der Waals surface area (Å²) in [5.74, 6) is -1.24. The van der Waals surface area contributed by atoms with Crippen LogP contribution in [-0.4, -0.2) is 93.7 Å². The predicted octanol–water partition coefficient (Wildman–Crippen LogP) is 3.63. The molecule has 6 N–H and O–H groups in total. The van der Waals surface area contributed by atoms with Gasteiger partial charge in [-0.2, -0.15) is 0 Å². The molecule has 3 rings (SSSR count). The predicted molar refractivity (Wildman–Crippen MR) is 196 cm³/mol. The van der Waals surface area contributed by atoms with Gasteiger partial charge in [-0.05, 0) is 56.7 Å². The van der Waals surface area contributed by atoms with Crippen molar-refractivity contribution < 1.29 is 49.0 Å². The molecule has 1 saturated heterocycles. The van der Waals surface area contributed by atoms with Crippen LogP contribution in [0, 0.1) is 0 Å². The van der Waals surface area contributed by atoms with Crippen LogP contribution in [0.15, 0.2) is 54.6 Å². The van der Waals surface area contributed by atoms with Crippen molar-refractivity contribution in [2.75, 3.05) is 13.2 Å². The number of benzene rings is 2. The van der Waals surface area contributed by atoms with Gasteiger partial charge in [0.1, 0.15) is 24.4 Å². The van der Waals surface area contributed by atoms with Crippen LogP contribution in [0.2, 0.25) is 0 Å². The fourth-order valence-electron chi connectivity index (χ4n) is 6.13. The molecule has 290 valence electrons. The molecule has 0 radical (unpaired) electrons. The summed E-state index contributed by atoms with van der Waals surface area (Å²) in [6, 6.07) is 16.1. The van der Waals surface area contributed by atoms with Crippen LogP contribution in [0.4, 0.5) is 0 Å². The molecule has 1 aliphatic rings. The van der Waals surface area contributed by atoms with Gasteiger partial charge in [-0.1, -0.05) is 93.1 Å². The third-order valence-corrected chi connectivity index (χ3v) is 8.90. The third-order valence-electron chi connectivity index (χ3n) is 8.90. The molecule has 0 aliphatic carbocycles. The summed E-state index contributed by atoms with van der Waals surface area (Å²) < 4.78 is 17.0. The number of hydrogen-bond donors (Lipinski definition) is 6. The van der Waals surface area contributed by atoms with Crippen LogP contribution >= 0.6 is 0 Å². The highest BCUT2D eigenvalue weighted by atomic mass is 16.7. The number of carbonyl (C=O) groups is 3. The number of rotatable bonds is 22. The Labute approximate surface area is 308 Å². The minimum absolute atomic E-state index is 0.0149. The SMILES string of the molecule is CC(C)(C)OC(=O)CCCCCCCCCCc1ccc(CC(=O)NC[C@@H](O)[C@@H](O)[C@@H]2O[C@@H](OCc3ccccc3)C[C@H](O)[C@H]2NC(=O)CO)cc1. The van der Waals surface area contributed by atoms with Crippen molar-refractivity contribution in [3.8, 4) is 0 Å². The van der Waals surface area contributed by atoms with Crippen LogP contribution in [-0.2, 0) is 48.0 Å². The quantitative estimate of drug-likeness (QED) is 0.0774. The number of unbranched alkanes of at least 4 members (excludes halogenated alkanes) is 7. The van der Waals surface area contributed by atoms with E-state index >= 15 is 0 Å². The average Bonchev–Trinajstić information content (AvgIpc) is 3.11. The molecule has 12 heteroatoms. The molecule has 1 fully saturated rings. The molecule has 0 aromatic heterocycles. The molecular weight excluding hydrogens is 668 g/mol. The normalized spacial score (nSPS) is 20.1.